The Labute approximate surface area is 189 Å². The predicted molar refractivity (Wildman–Crippen MR) is 119 cm³/mol. The number of oxime groups is 1. The van der Waals surface area contributed by atoms with Crippen LogP contribution in [0.1, 0.15) is 37.9 Å². The van der Waals surface area contributed by atoms with Gasteiger partial charge in [0, 0.05) is 17.2 Å². The van der Waals surface area contributed by atoms with Crippen LogP contribution in [0.3, 0.4) is 0 Å². The molecule has 0 aliphatic carbocycles. The summed E-state index contributed by atoms with van der Waals surface area (Å²) in [6.07, 6.45) is -0.734. The fourth-order valence-corrected chi connectivity index (χ4v) is 3.80. The van der Waals surface area contributed by atoms with Gasteiger partial charge in [-0.05, 0) is 35.9 Å². The van der Waals surface area contributed by atoms with E-state index < -0.39 is 29.5 Å². The number of rotatable bonds is 7. The Morgan fingerprint density at radius 1 is 0.970 bits per heavy atom. The zero-order valence-corrected chi connectivity index (χ0v) is 17.9. The molecule has 1 aliphatic rings. The van der Waals surface area contributed by atoms with Gasteiger partial charge < -0.3 is 24.5 Å². The molecule has 8 nitrogen and oxygen atoms in total. The number of hydrogen-bond acceptors (Lipinski definition) is 7. The van der Waals surface area contributed by atoms with E-state index in [1.54, 1.807) is 18.2 Å². The normalized spacial score (nSPS) is 17.1. The number of phenols is 1. The number of ketones is 1. The van der Waals surface area contributed by atoms with Crippen molar-refractivity contribution in [2.45, 2.75) is 6.10 Å². The molecule has 0 spiro atoms. The average molecular weight is 447 g/mol. The first kappa shape index (κ1) is 21.9. The topological polar surface area (TPSA) is 115 Å². The Morgan fingerprint density at radius 3 is 2.39 bits per heavy atom. The summed E-state index contributed by atoms with van der Waals surface area (Å²) < 4.78 is 10.8. The van der Waals surface area contributed by atoms with Gasteiger partial charge in [-0.2, -0.15) is 0 Å². The van der Waals surface area contributed by atoms with Crippen LogP contribution in [-0.2, 0) is 4.84 Å². The molecule has 0 saturated heterocycles. The summed E-state index contributed by atoms with van der Waals surface area (Å²) in [5.41, 5.74) is 1.38. The molecule has 2 unspecified atom stereocenters. The minimum atomic E-state index is -1.34. The second-order valence-electron chi connectivity index (χ2n) is 7.36. The highest BCUT2D eigenvalue weighted by molar-refractivity contribution is 6.20. The first-order valence-electron chi connectivity index (χ1n) is 10.1. The van der Waals surface area contributed by atoms with E-state index in [0.29, 0.717) is 22.8 Å². The Balaban J connectivity index is 1.82. The molecular weight excluding hydrogens is 426 g/mol. The average Bonchev–Trinajstić information content (AvgIpc) is 3.28. The molecule has 0 aromatic heterocycles. The molecule has 33 heavy (non-hydrogen) atoms. The lowest BCUT2D eigenvalue weighted by atomic mass is 9.82. The van der Waals surface area contributed by atoms with Gasteiger partial charge in [0.2, 0.25) is 0 Å². The number of ether oxygens (including phenoxy) is 2. The molecule has 2 N–H and O–H groups in total. The van der Waals surface area contributed by atoms with Crippen LogP contribution in [0, 0.1) is 5.92 Å². The van der Waals surface area contributed by atoms with Crippen LogP contribution in [0.5, 0.6) is 17.2 Å². The molecule has 4 rings (SSSR count). The molecular formula is C25H21NO7. The summed E-state index contributed by atoms with van der Waals surface area (Å²) in [5.74, 6) is -2.04. The number of carboxylic acid groups (broad SMARTS) is 1. The molecule has 8 heteroatoms. The molecule has 0 saturated carbocycles. The lowest BCUT2D eigenvalue weighted by Gasteiger charge is -2.20. The van der Waals surface area contributed by atoms with Gasteiger partial charge in [-0.3, -0.25) is 4.79 Å². The Bertz CT molecular complexity index is 1240. The molecule has 1 heterocycles. The van der Waals surface area contributed by atoms with Crippen LogP contribution < -0.4 is 9.47 Å². The number of hydrogen-bond donors (Lipinski definition) is 2. The van der Waals surface area contributed by atoms with Crippen molar-refractivity contribution in [1.82, 2.24) is 0 Å². The summed E-state index contributed by atoms with van der Waals surface area (Å²) in [7, 11) is 3.03. The van der Waals surface area contributed by atoms with Crippen LogP contribution in [-0.4, -0.2) is 41.9 Å². The lowest BCUT2D eigenvalue weighted by Crippen LogP contribution is -2.28. The number of nitrogens with zero attached hydrogens (tertiary/aromatic N) is 1. The molecule has 168 valence electrons. The summed E-state index contributed by atoms with van der Waals surface area (Å²) in [6, 6.07) is 18.0. The number of methoxy groups -OCH3 is 2. The fraction of sp³-hybridized carbons (Fsp3) is 0.160. The third kappa shape index (κ3) is 4.10. The summed E-state index contributed by atoms with van der Waals surface area (Å²) >= 11 is 0. The van der Waals surface area contributed by atoms with Crippen molar-refractivity contribution >= 4 is 17.5 Å². The number of carboxylic acids is 1. The summed E-state index contributed by atoms with van der Waals surface area (Å²) in [5, 5.41) is 23.5. The van der Waals surface area contributed by atoms with Gasteiger partial charge in [-0.1, -0.05) is 35.5 Å². The highest BCUT2D eigenvalue weighted by atomic mass is 16.6. The van der Waals surface area contributed by atoms with Gasteiger partial charge in [0.15, 0.2) is 11.9 Å². The number of carbonyl (C=O) groups excluding carboxylic acids is 1. The van der Waals surface area contributed by atoms with E-state index in [-0.39, 0.29) is 11.1 Å². The monoisotopic (exact) mass is 447 g/mol. The number of benzene rings is 3. The van der Waals surface area contributed by atoms with Crippen molar-refractivity contribution in [3.63, 3.8) is 0 Å². The molecule has 0 amide bonds. The Hall–Kier alpha value is -4.33. The predicted octanol–water partition coefficient (Wildman–Crippen LogP) is 4.08. The first-order chi connectivity index (χ1) is 15.9. The molecule has 3 aromatic carbocycles. The summed E-state index contributed by atoms with van der Waals surface area (Å²) in [4.78, 5) is 30.9. The van der Waals surface area contributed by atoms with Gasteiger partial charge in [-0.15, -0.1) is 0 Å². The largest absolute Gasteiger partial charge is 0.507 e. The van der Waals surface area contributed by atoms with Crippen LogP contribution in [0.4, 0.5) is 0 Å². The molecule has 0 bridgehead atoms. The lowest BCUT2D eigenvalue weighted by molar-refractivity contribution is 0.0533. The van der Waals surface area contributed by atoms with Crippen LogP contribution in [0.25, 0.3) is 0 Å². The Kier molecular flexibility index (Phi) is 5.99. The Morgan fingerprint density at radius 2 is 1.73 bits per heavy atom. The van der Waals surface area contributed by atoms with Crippen molar-refractivity contribution in [1.29, 1.82) is 0 Å². The van der Waals surface area contributed by atoms with E-state index in [4.69, 9.17) is 14.3 Å². The van der Waals surface area contributed by atoms with E-state index in [0.717, 1.165) is 11.6 Å². The van der Waals surface area contributed by atoms with Crippen molar-refractivity contribution in [3.8, 4) is 17.2 Å². The second kappa shape index (κ2) is 9.04. The van der Waals surface area contributed by atoms with E-state index >= 15 is 0 Å². The van der Waals surface area contributed by atoms with Gasteiger partial charge in [0.1, 0.15) is 34.4 Å². The smallest absolute Gasteiger partial charge is 0.339 e. The highest BCUT2D eigenvalue weighted by Crippen LogP contribution is 2.40. The van der Waals surface area contributed by atoms with Crippen LogP contribution in [0.15, 0.2) is 71.9 Å². The summed E-state index contributed by atoms with van der Waals surface area (Å²) in [6.45, 7) is 0. The van der Waals surface area contributed by atoms with Gasteiger partial charge >= 0.3 is 5.97 Å². The van der Waals surface area contributed by atoms with Crippen molar-refractivity contribution < 1.29 is 34.1 Å². The quantitative estimate of drug-likeness (QED) is 0.525. The van der Waals surface area contributed by atoms with Crippen molar-refractivity contribution in [2.75, 3.05) is 14.2 Å². The van der Waals surface area contributed by atoms with Gasteiger partial charge in [0.05, 0.1) is 14.2 Å². The van der Waals surface area contributed by atoms with E-state index in [1.165, 1.54) is 26.4 Å². The van der Waals surface area contributed by atoms with Crippen LogP contribution in [0.2, 0.25) is 0 Å². The number of aromatic carboxylic acids is 1. The molecule has 1 aliphatic heterocycles. The zero-order chi connectivity index (χ0) is 23.5. The van der Waals surface area contributed by atoms with Crippen molar-refractivity contribution in [3.05, 3.63) is 89.0 Å². The fourth-order valence-electron chi connectivity index (χ4n) is 3.80. The zero-order valence-electron chi connectivity index (χ0n) is 17.9. The first-order valence-corrected chi connectivity index (χ1v) is 10.1. The van der Waals surface area contributed by atoms with Gasteiger partial charge in [-0.25, -0.2) is 4.79 Å². The highest BCUT2D eigenvalue weighted by Gasteiger charge is 2.43. The maximum atomic E-state index is 13.7. The number of carbonyl (C=O) groups is 2. The molecule has 0 radical (unpaired) electrons. The maximum Gasteiger partial charge on any atom is 0.339 e. The van der Waals surface area contributed by atoms with Gasteiger partial charge in [0.25, 0.3) is 0 Å². The second-order valence-corrected chi connectivity index (χ2v) is 7.36. The minimum Gasteiger partial charge on any atom is -0.507 e. The van der Waals surface area contributed by atoms with E-state index in [1.807, 2.05) is 30.3 Å². The maximum absolute atomic E-state index is 13.7. The van der Waals surface area contributed by atoms with E-state index in [9.17, 15) is 19.8 Å². The molecule has 2 atom stereocenters. The standard InChI is InChI=1S/C25H21NO7/c1-31-16-9-10-17(20(13-16)32-2)22-21(24(33-26-22)14-6-4-3-5-7-14)23(28)15-8-11-19(27)18(12-15)25(29)30/h3-13,21,24,27H,1-2H3,(H,29,30). The molecule has 3 aromatic rings. The van der Waals surface area contributed by atoms with Crippen LogP contribution >= 0.6 is 0 Å². The third-order valence-corrected chi connectivity index (χ3v) is 5.47. The number of Topliss-reactive ketones (excluding diaryl/α,β-unsaturated/α-hetero) is 1. The SMILES string of the molecule is COc1ccc(C2=NOC(c3ccccc3)C2C(=O)c2ccc(O)c(C(=O)O)c2)c(OC)c1. The van der Waals surface area contributed by atoms with E-state index in [2.05, 4.69) is 5.16 Å². The molecule has 0 fully saturated rings. The third-order valence-electron chi connectivity index (χ3n) is 5.47. The number of aromatic hydroxyl groups is 1. The minimum absolute atomic E-state index is 0.113. The van der Waals surface area contributed by atoms with Crippen molar-refractivity contribution in [2.24, 2.45) is 11.1 Å².